The molecular formula is C35H46N4O6. The van der Waals surface area contributed by atoms with E-state index >= 15 is 0 Å². The van der Waals surface area contributed by atoms with Crippen LogP contribution in [0.2, 0.25) is 0 Å². The SMILES string of the molecule is CC(Cc1c[nH]c2ccccc12)(NC(=O)OC1CCCCCCC1)C(=O)NC(CNC(=O)CCCC(=O)O)Cc1ccccc1. The zero-order valence-corrected chi connectivity index (χ0v) is 26.1. The monoisotopic (exact) mass is 618 g/mol. The number of aliphatic carboxylic acids is 1. The summed E-state index contributed by atoms with van der Waals surface area (Å²) in [5, 5.41) is 18.7. The van der Waals surface area contributed by atoms with Gasteiger partial charge in [0.1, 0.15) is 11.6 Å². The van der Waals surface area contributed by atoms with Crippen LogP contribution in [0.4, 0.5) is 4.79 Å². The number of carboxylic acid groups (broad SMARTS) is 1. The predicted molar refractivity (Wildman–Crippen MR) is 173 cm³/mol. The number of carbonyl (C=O) groups excluding carboxylic acids is 3. The summed E-state index contributed by atoms with van der Waals surface area (Å²) in [7, 11) is 0. The van der Waals surface area contributed by atoms with E-state index in [0.717, 1.165) is 60.6 Å². The molecule has 3 aromatic rings. The van der Waals surface area contributed by atoms with Crippen LogP contribution >= 0.6 is 0 Å². The lowest BCUT2D eigenvalue weighted by atomic mass is 9.90. The molecule has 0 bridgehead atoms. The third kappa shape index (κ3) is 10.7. The minimum Gasteiger partial charge on any atom is -0.481 e. The van der Waals surface area contributed by atoms with Gasteiger partial charge in [-0.3, -0.25) is 14.4 Å². The summed E-state index contributed by atoms with van der Waals surface area (Å²) in [6.07, 6.45) is 9.01. The minimum absolute atomic E-state index is 0.0745. The number of ether oxygens (including phenoxy) is 1. The Morgan fingerprint density at radius 1 is 0.956 bits per heavy atom. The molecule has 1 saturated carbocycles. The Morgan fingerprint density at radius 2 is 1.64 bits per heavy atom. The highest BCUT2D eigenvalue weighted by Crippen LogP contribution is 2.24. The lowest BCUT2D eigenvalue weighted by Crippen LogP contribution is -2.61. The van der Waals surface area contributed by atoms with Crippen molar-refractivity contribution in [2.24, 2.45) is 0 Å². The first kappa shape index (κ1) is 33.6. The fourth-order valence-electron chi connectivity index (χ4n) is 5.93. The molecule has 5 N–H and O–H groups in total. The van der Waals surface area contributed by atoms with Gasteiger partial charge in [0.15, 0.2) is 0 Å². The maximum atomic E-state index is 14.2. The van der Waals surface area contributed by atoms with Gasteiger partial charge in [-0.2, -0.15) is 0 Å². The van der Waals surface area contributed by atoms with Crippen molar-refractivity contribution in [3.63, 3.8) is 0 Å². The first-order chi connectivity index (χ1) is 21.7. The average molecular weight is 619 g/mol. The van der Waals surface area contributed by atoms with Crippen molar-refractivity contribution in [2.45, 2.75) is 102 Å². The summed E-state index contributed by atoms with van der Waals surface area (Å²) < 4.78 is 5.88. The zero-order chi connectivity index (χ0) is 32.1. The van der Waals surface area contributed by atoms with Crippen LogP contribution in [-0.4, -0.2) is 58.2 Å². The van der Waals surface area contributed by atoms with Crippen molar-refractivity contribution in [1.29, 1.82) is 0 Å². The van der Waals surface area contributed by atoms with Gasteiger partial charge >= 0.3 is 12.1 Å². The second-order valence-electron chi connectivity index (χ2n) is 12.3. The van der Waals surface area contributed by atoms with Crippen molar-refractivity contribution in [1.82, 2.24) is 20.9 Å². The molecule has 1 aliphatic carbocycles. The quantitative estimate of drug-likeness (QED) is 0.163. The first-order valence-corrected chi connectivity index (χ1v) is 16.1. The molecule has 2 unspecified atom stereocenters. The zero-order valence-electron chi connectivity index (χ0n) is 26.1. The van der Waals surface area contributed by atoms with Crippen molar-refractivity contribution in [3.8, 4) is 0 Å². The summed E-state index contributed by atoms with van der Waals surface area (Å²) in [6.45, 7) is 1.84. The summed E-state index contributed by atoms with van der Waals surface area (Å²) in [5.41, 5.74) is 1.41. The van der Waals surface area contributed by atoms with Gasteiger partial charge in [0.2, 0.25) is 11.8 Å². The van der Waals surface area contributed by atoms with E-state index in [-0.39, 0.29) is 44.2 Å². The maximum absolute atomic E-state index is 14.2. The number of alkyl carbamates (subject to hydrolysis) is 1. The van der Waals surface area contributed by atoms with E-state index in [0.29, 0.717) is 6.42 Å². The van der Waals surface area contributed by atoms with Gasteiger partial charge in [-0.1, -0.05) is 67.8 Å². The molecule has 242 valence electrons. The number of amides is 3. The summed E-state index contributed by atoms with van der Waals surface area (Å²) >= 11 is 0. The number of hydrogen-bond acceptors (Lipinski definition) is 5. The average Bonchev–Trinajstić information content (AvgIpc) is 3.39. The number of carbonyl (C=O) groups is 4. The predicted octanol–water partition coefficient (Wildman–Crippen LogP) is 5.41. The lowest BCUT2D eigenvalue weighted by molar-refractivity contribution is -0.137. The molecule has 10 heteroatoms. The third-order valence-electron chi connectivity index (χ3n) is 8.42. The summed E-state index contributed by atoms with van der Waals surface area (Å²) in [5.74, 6) is -1.64. The van der Waals surface area contributed by atoms with Crippen LogP contribution in [0, 0.1) is 0 Å². The maximum Gasteiger partial charge on any atom is 0.408 e. The van der Waals surface area contributed by atoms with E-state index in [9.17, 15) is 19.2 Å². The van der Waals surface area contributed by atoms with Crippen molar-refractivity contribution < 1.29 is 29.0 Å². The summed E-state index contributed by atoms with van der Waals surface area (Å²) in [6, 6.07) is 16.9. The molecule has 0 spiro atoms. The Hall–Kier alpha value is -4.34. The molecule has 1 aliphatic rings. The van der Waals surface area contributed by atoms with E-state index in [1.54, 1.807) is 6.92 Å². The van der Waals surface area contributed by atoms with Crippen molar-refractivity contribution in [3.05, 3.63) is 71.9 Å². The number of H-pyrrole nitrogens is 1. The Labute approximate surface area is 264 Å². The fourth-order valence-corrected chi connectivity index (χ4v) is 5.93. The molecular weight excluding hydrogens is 572 g/mol. The molecule has 0 aliphatic heterocycles. The van der Waals surface area contributed by atoms with Gasteiger partial charge in [0.25, 0.3) is 0 Å². The number of para-hydroxylation sites is 1. The van der Waals surface area contributed by atoms with Crippen LogP contribution in [0.25, 0.3) is 10.9 Å². The normalized spacial score (nSPS) is 16.0. The van der Waals surface area contributed by atoms with Crippen LogP contribution < -0.4 is 16.0 Å². The number of rotatable bonds is 14. The van der Waals surface area contributed by atoms with Crippen LogP contribution in [0.1, 0.15) is 82.3 Å². The first-order valence-electron chi connectivity index (χ1n) is 16.1. The van der Waals surface area contributed by atoms with Crippen LogP contribution in [0.3, 0.4) is 0 Å². The van der Waals surface area contributed by atoms with Crippen LogP contribution in [0.15, 0.2) is 60.8 Å². The third-order valence-corrected chi connectivity index (χ3v) is 8.42. The smallest absolute Gasteiger partial charge is 0.408 e. The molecule has 10 nitrogen and oxygen atoms in total. The summed E-state index contributed by atoms with van der Waals surface area (Å²) in [4.78, 5) is 54.1. The Kier molecular flexibility index (Phi) is 12.4. The molecule has 2 atom stereocenters. The largest absolute Gasteiger partial charge is 0.481 e. The van der Waals surface area contributed by atoms with E-state index in [1.807, 2.05) is 60.8 Å². The lowest BCUT2D eigenvalue weighted by Gasteiger charge is -2.32. The number of benzene rings is 2. The van der Waals surface area contributed by atoms with Crippen molar-refractivity contribution in [2.75, 3.05) is 6.54 Å². The number of nitrogens with one attached hydrogen (secondary N) is 4. The molecule has 1 aromatic heterocycles. The highest BCUT2D eigenvalue weighted by molar-refractivity contribution is 5.92. The number of hydrogen-bond donors (Lipinski definition) is 5. The standard InChI is InChI=1S/C35H46N4O6/c1-35(22-26-23-36-30-18-11-10-17-29(26)30,39-34(44)45-28-15-8-3-2-4-9-16-28)33(43)38-27(21-25-13-6-5-7-14-25)24-37-31(40)19-12-20-32(41)42/h5-7,10-11,13-14,17-18,23,27-28,36H,2-4,8-9,12,15-16,19-22,24H2,1H3,(H,37,40)(H,38,43)(H,39,44)(H,41,42). The molecule has 45 heavy (non-hydrogen) atoms. The van der Waals surface area contributed by atoms with Crippen molar-refractivity contribution >= 4 is 34.8 Å². The molecule has 0 radical (unpaired) electrons. The Bertz CT molecular complexity index is 1420. The molecule has 4 rings (SSSR count). The van der Waals surface area contributed by atoms with Gasteiger partial charge in [0.05, 0.1) is 6.04 Å². The Balaban J connectivity index is 1.52. The second-order valence-corrected chi connectivity index (χ2v) is 12.3. The van der Waals surface area contributed by atoms with Gasteiger partial charge in [-0.05, 0) is 62.6 Å². The van der Waals surface area contributed by atoms with E-state index < -0.39 is 29.6 Å². The van der Waals surface area contributed by atoms with Gasteiger partial charge < -0.3 is 30.8 Å². The second kappa shape index (κ2) is 16.7. The topological polar surface area (TPSA) is 150 Å². The number of aromatic nitrogens is 1. The fraction of sp³-hybridized carbons (Fsp3) is 0.486. The van der Waals surface area contributed by atoms with Gasteiger partial charge in [-0.25, -0.2) is 4.79 Å². The molecule has 0 saturated heterocycles. The van der Waals surface area contributed by atoms with E-state index in [4.69, 9.17) is 9.84 Å². The highest BCUT2D eigenvalue weighted by atomic mass is 16.6. The van der Waals surface area contributed by atoms with Gasteiger partial charge in [-0.15, -0.1) is 0 Å². The van der Waals surface area contributed by atoms with E-state index in [1.165, 1.54) is 6.42 Å². The Morgan fingerprint density at radius 3 is 2.38 bits per heavy atom. The van der Waals surface area contributed by atoms with E-state index in [2.05, 4.69) is 20.9 Å². The minimum atomic E-state index is -1.37. The molecule has 1 heterocycles. The number of fused-ring (bicyclic) bond motifs is 1. The van der Waals surface area contributed by atoms with Crippen LogP contribution in [0.5, 0.6) is 0 Å². The molecule has 3 amide bonds. The van der Waals surface area contributed by atoms with Crippen LogP contribution in [-0.2, 0) is 32.0 Å². The molecule has 1 fully saturated rings. The highest BCUT2D eigenvalue weighted by Gasteiger charge is 2.38. The number of aromatic amines is 1. The van der Waals surface area contributed by atoms with Gasteiger partial charge in [0, 0.05) is 42.9 Å². The molecule has 2 aromatic carbocycles. The number of carboxylic acids is 1.